The van der Waals surface area contributed by atoms with Crippen LogP contribution in [0.2, 0.25) is 5.02 Å². The molecule has 0 spiro atoms. The number of rotatable bonds is 7. The number of halogens is 3. The van der Waals surface area contributed by atoms with E-state index in [0.29, 0.717) is 24.2 Å². The molecule has 9 heteroatoms. The first-order chi connectivity index (χ1) is 13.7. The number of guanidine groups is 1. The van der Waals surface area contributed by atoms with E-state index >= 15 is 0 Å². The molecule has 0 atom stereocenters. The number of aliphatic imine (C=N–C) groups is 1. The van der Waals surface area contributed by atoms with Crippen molar-refractivity contribution in [3.8, 4) is 0 Å². The van der Waals surface area contributed by atoms with Crippen LogP contribution in [0.25, 0.3) is 0 Å². The third-order valence-corrected chi connectivity index (χ3v) is 5.52. The molecule has 1 aliphatic heterocycles. The number of piperidine rings is 1. The van der Waals surface area contributed by atoms with E-state index in [1.807, 2.05) is 6.92 Å². The number of likely N-dealkylation sites (tertiary alicyclic amines) is 1. The number of nitrogens with zero attached hydrogens (tertiary/aromatic N) is 2. The molecule has 6 nitrogen and oxygen atoms in total. The lowest BCUT2D eigenvalue weighted by Gasteiger charge is -2.33. The van der Waals surface area contributed by atoms with Crippen LogP contribution in [0.5, 0.6) is 0 Å². The molecule has 0 aliphatic carbocycles. The SMILES string of the molecule is CCNC(=NCC(C)(C)c1ccc(F)cc1Cl)NC1CCN(CC(=O)NC)CC1.I. The lowest BCUT2D eigenvalue weighted by molar-refractivity contribution is -0.122. The third-order valence-electron chi connectivity index (χ3n) is 5.21. The minimum Gasteiger partial charge on any atom is -0.358 e. The van der Waals surface area contributed by atoms with Gasteiger partial charge >= 0.3 is 0 Å². The minimum absolute atomic E-state index is 0. The van der Waals surface area contributed by atoms with E-state index in [1.165, 1.54) is 12.1 Å². The average molecular weight is 554 g/mol. The van der Waals surface area contributed by atoms with E-state index in [0.717, 1.165) is 44.0 Å². The molecule has 30 heavy (non-hydrogen) atoms. The molecule has 1 aromatic carbocycles. The number of hydrogen-bond donors (Lipinski definition) is 3. The standard InChI is InChI=1S/C21H33ClFN5O.HI/c1-5-25-20(27-16-8-10-28(11-9-16)13-19(29)24-4)26-14-21(2,3)17-7-6-15(23)12-18(17)22;/h6-7,12,16H,5,8-11,13-14H2,1-4H3,(H,24,29)(H2,25,26,27);1H. The van der Waals surface area contributed by atoms with Crippen LogP contribution < -0.4 is 16.0 Å². The molecule has 1 heterocycles. The molecule has 1 amide bonds. The van der Waals surface area contributed by atoms with Crippen LogP contribution in [0.1, 0.15) is 39.2 Å². The minimum atomic E-state index is -0.337. The lowest BCUT2D eigenvalue weighted by atomic mass is 9.84. The van der Waals surface area contributed by atoms with Gasteiger partial charge in [-0.3, -0.25) is 14.7 Å². The second kappa shape index (κ2) is 12.7. The molecule has 3 N–H and O–H groups in total. The van der Waals surface area contributed by atoms with E-state index in [2.05, 4.69) is 34.7 Å². The Morgan fingerprint density at radius 3 is 2.57 bits per heavy atom. The van der Waals surface area contributed by atoms with Crippen LogP contribution in [0.4, 0.5) is 4.39 Å². The fourth-order valence-corrected chi connectivity index (χ4v) is 3.85. The highest BCUT2D eigenvalue weighted by atomic mass is 127. The van der Waals surface area contributed by atoms with Gasteiger partial charge in [-0.1, -0.05) is 31.5 Å². The van der Waals surface area contributed by atoms with Crippen LogP contribution in [0.3, 0.4) is 0 Å². The predicted molar refractivity (Wildman–Crippen MR) is 132 cm³/mol. The van der Waals surface area contributed by atoms with Crippen LogP contribution in [-0.4, -0.2) is 62.6 Å². The highest BCUT2D eigenvalue weighted by Gasteiger charge is 2.25. The molecule has 1 fully saturated rings. The molecule has 0 bridgehead atoms. The zero-order valence-electron chi connectivity index (χ0n) is 18.2. The summed E-state index contributed by atoms with van der Waals surface area (Å²) in [6, 6.07) is 4.82. The molecule has 0 saturated carbocycles. The van der Waals surface area contributed by atoms with E-state index < -0.39 is 0 Å². The second-order valence-electron chi connectivity index (χ2n) is 8.07. The summed E-state index contributed by atoms with van der Waals surface area (Å²) in [5.74, 6) is 0.479. The quantitative estimate of drug-likeness (QED) is 0.276. The number of carbonyl (C=O) groups excluding carboxylic acids is 1. The lowest BCUT2D eigenvalue weighted by Crippen LogP contribution is -2.50. The first-order valence-corrected chi connectivity index (χ1v) is 10.6. The molecule has 2 rings (SSSR count). The zero-order chi connectivity index (χ0) is 21.4. The maximum Gasteiger partial charge on any atom is 0.233 e. The van der Waals surface area contributed by atoms with Gasteiger partial charge in [0.25, 0.3) is 0 Å². The van der Waals surface area contributed by atoms with Gasteiger partial charge < -0.3 is 16.0 Å². The van der Waals surface area contributed by atoms with E-state index in [4.69, 9.17) is 16.6 Å². The second-order valence-corrected chi connectivity index (χ2v) is 8.48. The topological polar surface area (TPSA) is 68.8 Å². The Labute approximate surface area is 201 Å². The third kappa shape index (κ3) is 8.19. The Bertz CT molecular complexity index is 723. The number of nitrogens with one attached hydrogen (secondary N) is 3. The van der Waals surface area contributed by atoms with Gasteiger partial charge in [0.15, 0.2) is 5.96 Å². The van der Waals surface area contributed by atoms with Gasteiger partial charge in [-0.2, -0.15) is 0 Å². The Kier molecular flexibility index (Phi) is 11.4. The number of amides is 1. The molecule has 170 valence electrons. The summed E-state index contributed by atoms with van der Waals surface area (Å²) < 4.78 is 13.4. The number of likely N-dealkylation sites (N-methyl/N-ethyl adjacent to an activating group) is 1. The summed E-state index contributed by atoms with van der Waals surface area (Å²) in [4.78, 5) is 18.5. The van der Waals surface area contributed by atoms with Gasteiger partial charge in [-0.25, -0.2) is 4.39 Å². The summed E-state index contributed by atoms with van der Waals surface area (Å²) in [7, 11) is 1.66. The van der Waals surface area contributed by atoms with Gasteiger partial charge in [0, 0.05) is 43.2 Å². The van der Waals surface area contributed by atoms with Crippen molar-refractivity contribution in [3.05, 3.63) is 34.6 Å². The van der Waals surface area contributed by atoms with Crippen molar-refractivity contribution in [2.24, 2.45) is 4.99 Å². The maximum absolute atomic E-state index is 13.4. The smallest absolute Gasteiger partial charge is 0.233 e. The van der Waals surface area contributed by atoms with E-state index in [-0.39, 0.29) is 41.1 Å². The van der Waals surface area contributed by atoms with Gasteiger partial charge in [-0.15, -0.1) is 24.0 Å². The van der Waals surface area contributed by atoms with Gasteiger partial charge in [0.05, 0.1) is 13.1 Å². The summed E-state index contributed by atoms with van der Waals surface area (Å²) in [6.07, 6.45) is 1.91. The van der Waals surface area contributed by atoms with Crippen LogP contribution in [0, 0.1) is 5.82 Å². The summed E-state index contributed by atoms with van der Waals surface area (Å²) in [5, 5.41) is 9.90. The first kappa shape index (κ1) is 26.9. The normalized spacial score (nSPS) is 16.0. The fraction of sp³-hybridized carbons (Fsp3) is 0.619. The molecular weight excluding hydrogens is 520 g/mol. The number of carbonyl (C=O) groups is 1. The summed E-state index contributed by atoms with van der Waals surface area (Å²) in [5.41, 5.74) is 0.548. The largest absolute Gasteiger partial charge is 0.358 e. The van der Waals surface area contributed by atoms with Crippen molar-refractivity contribution in [1.82, 2.24) is 20.9 Å². The molecule has 1 saturated heterocycles. The molecular formula is C21H34ClFIN5O. The molecule has 1 aliphatic rings. The van der Waals surface area contributed by atoms with Gasteiger partial charge in [-0.05, 0) is 37.5 Å². The Morgan fingerprint density at radius 1 is 1.33 bits per heavy atom. The van der Waals surface area contributed by atoms with Crippen molar-refractivity contribution in [2.75, 3.05) is 39.8 Å². The summed E-state index contributed by atoms with van der Waals surface area (Å²) >= 11 is 6.25. The first-order valence-electron chi connectivity index (χ1n) is 10.2. The monoisotopic (exact) mass is 553 g/mol. The maximum atomic E-state index is 13.4. The van der Waals surface area contributed by atoms with Crippen molar-refractivity contribution >= 4 is 47.4 Å². The fourth-order valence-electron chi connectivity index (χ4n) is 3.43. The Hall–Kier alpha value is -1.13. The zero-order valence-corrected chi connectivity index (χ0v) is 21.3. The molecule has 0 aromatic heterocycles. The van der Waals surface area contributed by atoms with Crippen LogP contribution >= 0.6 is 35.6 Å². The highest BCUT2D eigenvalue weighted by molar-refractivity contribution is 14.0. The van der Waals surface area contributed by atoms with Gasteiger partial charge in [0.2, 0.25) is 5.91 Å². The van der Waals surface area contributed by atoms with Crippen molar-refractivity contribution in [3.63, 3.8) is 0 Å². The van der Waals surface area contributed by atoms with Gasteiger partial charge in [0.1, 0.15) is 5.82 Å². The molecule has 0 radical (unpaired) electrons. The highest BCUT2D eigenvalue weighted by Crippen LogP contribution is 2.30. The number of benzene rings is 1. The molecule has 0 unspecified atom stereocenters. The Balaban J connectivity index is 0.00000450. The summed E-state index contributed by atoms with van der Waals surface area (Å²) in [6.45, 7) is 9.62. The van der Waals surface area contributed by atoms with Crippen LogP contribution in [-0.2, 0) is 10.2 Å². The number of hydrogen-bond acceptors (Lipinski definition) is 3. The van der Waals surface area contributed by atoms with Crippen molar-refractivity contribution in [1.29, 1.82) is 0 Å². The molecule has 1 aromatic rings. The van der Waals surface area contributed by atoms with Crippen molar-refractivity contribution < 1.29 is 9.18 Å². The van der Waals surface area contributed by atoms with E-state index in [9.17, 15) is 9.18 Å². The van der Waals surface area contributed by atoms with Crippen LogP contribution in [0.15, 0.2) is 23.2 Å². The predicted octanol–water partition coefficient (Wildman–Crippen LogP) is 3.14. The van der Waals surface area contributed by atoms with Crippen molar-refractivity contribution in [2.45, 2.75) is 45.1 Å². The average Bonchev–Trinajstić information content (AvgIpc) is 2.67. The Morgan fingerprint density at radius 2 is 2.00 bits per heavy atom. The van der Waals surface area contributed by atoms with E-state index in [1.54, 1.807) is 13.1 Å².